The van der Waals surface area contributed by atoms with Crippen molar-refractivity contribution in [3.8, 4) is 5.88 Å². The van der Waals surface area contributed by atoms with Crippen molar-refractivity contribution in [2.24, 2.45) is 5.92 Å². The van der Waals surface area contributed by atoms with Crippen molar-refractivity contribution in [3.63, 3.8) is 0 Å². The number of methoxy groups -OCH3 is 1. The molecule has 1 saturated carbocycles. The Hall–Kier alpha value is -2.11. The first-order chi connectivity index (χ1) is 11.5. The van der Waals surface area contributed by atoms with Crippen LogP contribution in [0.3, 0.4) is 0 Å². The van der Waals surface area contributed by atoms with Gasteiger partial charge in [-0.1, -0.05) is 19.3 Å². The lowest BCUT2D eigenvalue weighted by Gasteiger charge is -2.24. The van der Waals surface area contributed by atoms with Gasteiger partial charge in [0.2, 0.25) is 17.7 Å². The van der Waals surface area contributed by atoms with Crippen molar-refractivity contribution in [2.75, 3.05) is 19.1 Å². The zero-order chi connectivity index (χ0) is 17.5. The average molecular weight is 333 g/mol. The monoisotopic (exact) mass is 333 g/mol. The SMILES string of the molecule is COc1ccc(N(C)C(=O)[C@H](C)NC(=O)CC2CCCCC2)cn1. The van der Waals surface area contributed by atoms with Crippen molar-refractivity contribution in [3.05, 3.63) is 18.3 Å². The molecule has 0 bridgehead atoms. The van der Waals surface area contributed by atoms with Crippen LogP contribution in [0.25, 0.3) is 0 Å². The predicted molar refractivity (Wildman–Crippen MR) is 93.0 cm³/mol. The number of hydrogen-bond donors (Lipinski definition) is 1. The molecule has 1 aliphatic carbocycles. The highest BCUT2D eigenvalue weighted by atomic mass is 16.5. The Labute approximate surface area is 143 Å². The summed E-state index contributed by atoms with van der Waals surface area (Å²) < 4.78 is 5.01. The molecular weight excluding hydrogens is 306 g/mol. The van der Waals surface area contributed by atoms with Crippen LogP contribution in [0.2, 0.25) is 0 Å². The number of pyridine rings is 1. The van der Waals surface area contributed by atoms with E-state index in [1.165, 1.54) is 24.2 Å². The summed E-state index contributed by atoms with van der Waals surface area (Å²) in [6.45, 7) is 1.72. The molecule has 2 amide bonds. The first-order valence-electron chi connectivity index (χ1n) is 8.58. The second-order valence-corrected chi connectivity index (χ2v) is 6.45. The first kappa shape index (κ1) is 18.2. The molecule has 2 rings (SSSR count). The van der Waals surface area contributed by atoms with E-state index in [0.29, 0.717) is 23.9 Å². The molecule has 0 aliphatic heterocycles. The van der Waals surface area contributed by atoms with Crippen LogP contribution < -0.4 is 15.0 Å². The largest absolute Gasteiger partial charge is 0.481 e. The second-order valence-electron chi connectivity index (χ2n) is 6.45. The van der Waals surface area contributed by atoms with E-state index < -0.39 is 6.04 Å². The standard InChI is InChI=1S/C18H27N3O3/c1-13(20-16(22)11-14-7-5-4-6-8-14)18(23)21(2)15-9-10-17(24-3)19-12-15/h9-10,12-14H,4-8,11H2,1-3H3,(H,20,22)/t13-/m0/s1. The highest BCUT2D eigenvalue weighted by molar-refractivity contribution is 5.98. The van der Waals surface area contributed by atoms with Gasteiger partial charge < -0.3 is 15.0 Å². The summed E-state index contributed by atoms with van der Waals surface area (Å²) in [4.78, 5) is 30.2. The third-order valence-corrected chi connectivity index (χ3v) is 4.59. The van der Waals surface area contributed by atoms with Gasteiger partial charge in [0, 0.05) is 19.5 Å². The van der Waals surface area contributed by atoms with Crippen LogP contribution in [-0.4, -0.2) is 37.0 Å². The number of anilines is 1. The second kappa shape index (κ2) is 8.66. The lowest BCUT2D eigenvalue weighted by Crippen LogP contribution is -2.46. The van der Waals surface area contributed by atoms with Crippen LogP contribution in [0.4, 0.5) is 5.69 Å². The van der Waals surface area contributed by atoms with Crippen LogP contribution in [-0.2, 0) is 9.59 Å². The van der Waals surface area contributed by atoms with Gasteiger partial charge >= 0.3 is 0 Å². The van der Waals surface area contributed by atoms with Gasteiger partial charge in [0.1, 0.15) is 6.04 Å². The van der Waals surface area contributed by atoms with Gasteiger partial charge in [0.05, 0.1) is 19.0 Å². The fourth-order valence-electron chi connectivity index (χ4n) is 3.12. The van der Waals surface area contributed by atoms with Crippen molar-refractivity contribution in [1.29, 1.82) is 0 Å². The minimum Gasteiger partial charge on any atom is -0.481 e. The lowest BCUT2D eigenvalue weighted by molar-refractivity contribution is -0.127. The molecule has 0 saturated heterocycles. The molecular formula is C18H27N3O3. The fourth-order valence-corrected chi connectivity index (χ4v) is 3.12. The smallest absolute Gasteiger partial charge is 0.249 e. The van der Waals surface area contributed by atoms with E-state index in [0.717, 1.165) is 12.8 Å². The summed E-state index contributed by atoms with van der Waals surface area (Å²) in [6, 6.07) is 2.90. The van der Waals surface area contributed by atoms with Crippen LogP contribution in [0.5, 0.6) is 5.88 Å². The summed E-state index contributed by atoms with van der Waals surface area (Å²) in [6.07, 6.45) is 8.02. The van der Waals surface area contributed by atoms with Crippen molar-refractivity contribution in [1.82, 2.24) is 10.3 Å². The Bertz CT molecular complexity index is 553. The van der Waals surface area contributed by atoms with E-state index in [-0.39, 0.29) is 11.8 Å². The number of carbonyl (C=O) groups is 2. The van der Waals surface area contributed by atoms with E-state index in [4.69, 9.17) is 4.74 Å². The Balaban J connectivity index is 1.86. The van der Waals surface area contributed by atoms with Crippen LogP contribution in [0.1, 0.15) is 45.4 Å². The van der Waals surface area contributed by atoms with Crippen LogP contribution in [0, 0.1) is 5.92 Å². The number of aromatic nitrogens is 1. The molecule has 1 fully saturated rings. The summed E-state index contributed by atoms with van der Waals surface area (Å²) in [7, 11) is 3.22. The van der Waals surface area contributed by atoms with Crippen molar-refractivity contribution < 1.29 is 14.3 Å². The number of likely N-dealkylation sites (N-methyl/N-ethyl adjacent to an activating group) is 1. The number of carbonyl (C=O) groups excluding carboxylic acids is 2. The minimum absolute atomic E-state index is 0.0380. The molecule has 1 atom stereocenters. The van der Waals surface area contributed by atoms with E-state index in [2.05, 4.69) is 10.3 Å². The molecule has 0 radical (unpaired) electrons. The number of hydrogen-bond acceptors (Lipinski definition) is 4. The number of amides is 2. The molecule has 0 spiro atoms. The van der Waals surface area contributed by atoms with Crippen molar-refractivity contribution in [2.45, 2.75) is 51.5 Å². The topological polar surface area (TPSA) is 71.5 Å². The average Bonchev–Trinajstić information content (AvgIpc) is 2.61. The molecule has 132 valence electrons. The van der Waals surface area contributed by atoms with Crippen molar-refractivity contribution >= 4 is 17.5 Å². The molecule has 24 heavy (non-hydrogen) atoms. The maximum atomic E-state index is 12.5. The summed E-state index contributed by atoms with van der Waals surface area (Å²) in [5, 5.41) is 2.82. The Morgan fingerprint density at radius 2 is 2.04 bits per heavy atom. The van der Waals surface area contributed by atoms with E-state index in [9.17, 15) is 9.59 Å². The molecule has 6 heteroatoms. The third-order valence-electron chi connectivity index (χ3n) is 4.59. The van der Waals surface area contributed by atoms with Gasteiger partial charge in [-0.2, -0.15) is 0 Å². The number of rotatable bonds is 6. The quantitative estimate of drug-likeness (QED) is 0.868. The van der Waals surface area contributed by atoms with Gasteiger partial charge in [0.15, 0.2) is 0 Å². The maximum Gasteiger partial charge on any atom is 0.249 e. The fraction of sp³-hybridized carbons (Fsp3) is 0.611. The Morgan fingerprint density at radius 1 is 1.33 bits per heavy atom. The zero-order valence-electron chi connectivity index (χ0n) is 14.7. The number of nitrogens with one attached hydrogen (secondary N) is 1. The van der Waals surface area contributed by atoms with Gasteiger partial charge in [-0.25, -0.2) is 4.98 Å². The van der Waals surface area contributed by atoms with Gasteiger partial charge in [-0.15, -0.1) is 0 Å². The molecule has 1 aliphatic rings. The normalized spacial score (nSPS) is 16.3. The number of nitrogens with zero attached hydrogens (tertiary/aromatic N) is 2. The maximum absolute atomic E-state index is 12.5. The summed E-state index contributed by atoms with van der Waals surface area (Å²) in [5.74, 6) is 0.751. The molecule has 6 nitrogen and oxygen atoms in total. The van der Waals surface area contributed by atoms with E-state index in [1.54, 1.807) is 39.4 Å². The number of ether oxygens (including phenoxy) is 1. The molecule has 0 unspecified atom stereocenters. The molecule has 1 aromatic rings. The molecule has 1 aromatic heterocycles. The van der Waals surface area contributed by atoms with Crippen LogP contribution >= 0.6 is 0 Å². The Morgan fingerprint density at radius 3 is 2.62 bits per heavy atom. The Kier molecular flexibility index (Phi) is 6.58. The minimum atomic E-state index is -0.562. The van der Waals surface area contributed by atoms with Gasteiger partial charge in [-0.05, 0) is 31.7 Å². The molecule has 0 aromatic carbocycles. The van der Waals surface area contributed by atoms with E-state index in [1.807, 2.05) is 0 Å². The zero-order valence-corrected chi connectivity index (χ0v) is 14.7. The highest BCUT2D eigenvalue weighted by Crippen LogP contribution is 2.26. The predicted octanol–water partition coefficient (Wildman–Crippen LogP) is 2.53. The summed E-state index contributed by atoms with van der Waals surface area (Å²) >= 11 is 0. The van der Waals surface area contributed by atoms with Crippen LogP contribution in [0.15, 0.2) is 18.3 Å². The molecule has 1 heterocycles. The third kappa shape index (κ3) is 4.94. The lowest BCUT2D eigenvalue weighted by atomic mass is 9.87. The van der Waals surface area contributed by atoms with E-state index >= 15 is 0 Å². The summed E-state index contributed by atoms with van der Waals surface area (Å²) in [5.41, 5.74) is 0.661. The van der Waals surface area contributed by atoms with Gasteiger partial charge in [-0.3, -0.25) is 9.59 Å². The molecule has 1 N–H and O–H groups in total. The first-order valence-corrected chi connectivity index (χ1v) is 8.58. The highest BCUT2D eigenvalue weighted by Gasteiger charge is 2.23. The van der Waals surface area contributed by atoms with Gasteiger partial charge in [0.25, 0.3) is 0 Å².